The molecule has 21 heavy (non-hydrogen) atoms. The third kappa shape index (κ3) is 4.59. The summed E-state index contributed by atoms with van der Waals surface area (Å²) in [6, 6.07) is 0. The monoisotopic (exact) mass is 403 g/mol. The van der Waals surface area contributed by atoms with Crippen molar-refractivity contribution < 1.29 is 0 Å². The van der Waals surface area contributed by atoms with Crippen LogP contribution in [-0.4, -0.2) is 28.6 Å². The number of nitrogens with two attached hydrogens (primary N) is 1. The number of aliphatic imine (C=N–C) groups is 1. The Labute approximate surface area is 143 Å². The Morgan fingerprint density at radius 2 is 2.24 bits per heavy atom. The Kier molecular flexibility index (Phi) is 6.32. The van der Waals surface area contributed by atoms with Crippen molar-refractivity contribution in [3.8, 4) is 0 Å². The molecule has 0 atom stereocenters. The van der Waals surface area contributed by atoms with Gasteiger partial charge in [-0.25, -0.2) is 4.98 Å². The van der Waals surface area contributed by atoms with Gasteiger partial charge in [-0.15, -0.1) is 24.0 Å². The van der Waals surface area contributed by atoms with Crippen molar-refractivity contribution in [2.75, 3.05) is 13.1 Å². The highest BCUT2D eigenvalue weighted by Crippen LogP contribution is 2.26. The number of nitrogens with one attached hydrogen (secondary N) is 1. The molecule has 0 spiro atoms. The van der Waals surface area contributed by atoms with E-state index in [9.17, 15) is 0 Å². The summed E-state index contributed by atoms with van der Waals surface area (Å²) in [4.78, 5) is 9.09. The first-order valence-electron chi connectivity index (χ1n) is 7.90. The maximum Gasteiger partial charge on any atom is 0.188 e. The fourth-order valence-electron chi connectivity index (χ4n) is 2.87. The number of aromatic nitrogens is 2. The molecule has 2 heterocycles. The van der Waals surface area contributed by atoms with Crippen molar-refractivity contribution in [3.63, 3.8) is 0 Å². The van der Waals surface area contributed by atoms with Gasteiger partial charge in [0.1, 0.15) is 5.82 Å². The van der Waals surface area contributed by atoms with Crippen LogP contribution in [0.2, 0.25) is 0 Å². The van der Waals surface area contributed by atoms with Crippen molar-refractivity contribution in [2.45, 2.75) is 51.5 Å². The molecule has 1 aliphatic carbocycles. The van der Waals surface area contributed by atoms with Gasteiger partial charge < -0.3 is 15.6 Å². The molecule has 1 saturated carbocycles. The highest BCUT2D eigenvalue weighted by atomic mass is 127. The van der Waals surface area contributed by atoms with E-state index in [0.29, 0.717) is 5.96 Å². The van der Waals surface area contributed by atoms with Crippen LogP contribution >= 0.6 is 24.0 Å². The predicted octanol–water partition coefficient (Wildman–Crippen LogP) is 2.08. The van der Waals surface area contributed by atoms with Gasteiger partial charge in [0.05, 0.1) is 5.69 Å². The lowest BCUT2D eigenvalue weighted by atomic mass is 9.86. The molecule has 0 saturated heterocycles. The van der Waals surface area contributed by atoms with Crippen LogP contribution < -0.4 is 11.1 Å². The van der Waals surface area contributed by atoms with Crippen LogP contribution in [0.1, 0.15) is 43.6 Å². The number of rotatable bonds is 5. The van der Waals surface area contributed by atoms with E-state index in [1.54, 1.807) is 0 Å². The van der Waals surface area contributed by atoms with Crippen molar-refractivity contribution >= 4 is 29.9 Å². The van der Waals surface area contributed by atoms with Gasteiger partial charge in [0, 0.05) is 38.7 Å². The van der Waals surface area contributed by atoms with Crippen LogP contribution in [0.3, 0.4) is 0 Å². The van der Waals surface area contributed by atoms with Gasteiger partial charge in [0.25, 0.3) is 0 Å². The van der Waals surface area contributed by atoms with E-state index < -0.39 is 0 Å². The van der Waals surface area contributed by atoms with E-state index in [0.717, 1.165) is 38.4 Å². The standard InChI is InChI=1S/C15H25N5.HI/c16-15(18-10-12-4-3-5-12)17-8-7-13-11-20-9-2-1-6-14(20)19-13;/h11-12H,1-10H2,(H3,16,17,18);1H. The molecule has 1 fully saturated rings. The van der Waals surface area contributed by atoms with Gasteiger partial charge in [-0.2, -0.15) is 0 Å². The summed E-state index contributed by atoms with van der Waals surface area (Å²) in [7, 11) is 0. The van der Waals surface area contributed by atoms with Crippen molar-refractivity contribution in [2.24, 2.45) is 16.6 Å². The van der Waals surface area contributed by atoms with Gasteiger partial charge in [0.15, 0.2) is 5.96 Å². The fraction of sp³-hybridized carbons (Fsp3) is 0.733. The van der Waals surface area contributed by atoms with Crippen molar-refractivity contribution in [3.05, 3.63) is 17.7 Å². The molecule has 0 bridgehead atoms. The summed E-state index contributed by atoms with van der Waals surface area (Å²) in [6.07, 6.45) is 10.8. The smallest absolute Gasteiger partial charge is 0.188 e. The summed E-state index contributed by atoms with van der Waals surface area (Å²) in [6.45, 7) is 2.83. The lowest BCUT2D eigenvalue weighted by Gasteiger charge is -2.23. The van der Waals surface area contributed by atoms with Crippen LogP contribution in [0, 0.1) is 5.92 Å². The van der Waals surface area contributed by atoms with Crippen molar-refractivity contribution in [1.82, 2.24) is 14.9 Å². The Bertz CT molecular complexity index is 455. The normalized spacial score (nSPS) is 18.6. The van der Waals surface area contributed by atoms with E-state index in [2.05, 4.69) is 26.1 Å². The van der Waals surface area contributed by atoms with Crippen LogP contribution in [0.25, 0.3) is 0 Å². The number of fused-ring (bicyclic) bond motifs is 1. The molecule has 1 aromatic heterocycles. The lowest BCUT2D eigenvalue weighted by molar-refractivity contribution is 0.326. The summed E-state index contributed by atoms with van der Waals surface area (Å²) < 4.78 is 2.30. The summed E-state index contributed by atoms with van der Waals surface area (Å²) >= 11 is 0. The average Bonchev–Trinajstić information content (AvgIpc) is 2.79. The molecule has 1 aromatic rings. The van der Waals surface area contributed by atoms with Gasteiger partial charge in [-0.1, -0.05) is 6.42 Å². The van der Waals surface area contributed by atoms with E-state index in [-0.39, 0.29) is 24.0 Å². The molecular formula is C15H26IN5. The molecule has 6 heteroatoms. The second-order valence-electron chi connectivity index (χ2n) is 6.00. The third-order valence-electron chi connectivity index (χ3n) is 4.39. The van der Waals surface area contributed by atoms with Crippen molar-refractivity contribution in [1.29, 1.82) is 0 Å². The highest BCUT2D eigenvalue weighted by Gasteiger charge is 2.16. The molecular weight excluding hydrogens is 377 g/mol. The minimum Gasteiger partial charge on any atom is -0.370 e. The molecule has 5 nitrogen and oxygen atoms in total. The van der Waals surface area contributed by atoms with Crippen LogP contribution in [0.4, 0.5) is 0 Å². The Morgan fingerprint density at radius 1 is 1.38 bits per heavy atom. The minimum atomic E-state index is 0. The molecule has 0 amide bonds. The highest BCUT2D eigenvalue weighted by molar-refractivity contribution is 14.0. The van der Waals surface area contributed by atoms with Gasteiger partial charge in [-0.3, -0.25) is 4.99 Å². The number of hydrogen-bond donors (Lipinski definition) is 2. The number of guanidine groups is 1. The van der Waals surface area contributed by atoms with Gasteiger partial charge in [-0.05, 0) is 31.6 Å². The average molecular weight is 403 g/mol. The molecule has 118 valence electrons. The molecule has 3 rings (SSSR count). The second kappa shape index (κ2) is 8.00. The zero-order chi connectivity index (χ0) is 13.8. The summed E-state index contributed by atoms with van der Waals surface area (Å²) in [5.74, 6) is 2.61. The number of halogens is 1. The van der Waals surface area contributed by atoms with E-state index in [1.807, 2.05) is 0 Å². The Hall–Kier alpha value is -0.790. The third-order valence-corrected chi connectivity index (χ3v) is 4.39. The Morgan fingerprint density at radius 3 is 2.95 bits per heavy atom. The quantitative estimate of drug-likeness (QED) is 0.450. The maximum absolute atomic E-state index is 5.88. The maximum atomic E-state index is 5.88. The summed E-state index contributed by atoms with van der Waals surface area (Å²) in [5, 5.41) is 3.19. The number of imidazole rings is 1. The summed E-state index contributed by atoms with van der Waals surface area (Å²) in [5.41, 5.74) is 7.04. The fourth-order valence-corrected chi connectivity index (χ4v) is 2.87. The zero-order valence-electron chi connectivity index (χ0n) is 12.6. The van der Waals surface area contributed by atoms with Crippen LogP contribution in [0.5, 0.6) is 0 Å². The second-order valence-corrected chi connectivity index (χ2v) is 6.00. The number of aryl methyl sites for hydroxylation is 2. The van der Waals surface area contributed by atoms with E-state index >= 15 is 0 Å². The molecule has 0 radical (unpaired) electrons. The molecule has 2 aliphatic rings. The first-order chi connectivity index (χ1) is 9.81. The zero-order valence-corrected chi connectivity index (χ0v) is 14.9. The SMILES string of the molecule is I.NC(=NCC1CCC1)NCCc1cn2c(n1)CCCC2. The first kappa shape index (κ1) is 16.6. The molecule has 3 N–H and O–H groups in total. The molecule has 0 unspecified atom stereocenters. The van der Waals surface area contributed by atoms with E-state index in [4.69, 9.17) is 5.73 Å². The number of nitrogens with zero attached hydrogens (tertiary/aromatic N) is 3. The predicted molar refractivity (Wildman–Crippen MR) is 96.1 cm³/mol. The molecule has 1 aliphatic heterocycles. The minimum absolute atomic E-state index is 0. The molecule has 0 aromatic carbocycles. The topological polar surface area (TPSA) is 68.2 Å². The van der Waals surface area contributed by atoms with E-state index in [1.165, 1.54) is 43.6 Å². The first-order valence-corrected chi connectivity index (χ1v) is 7.90. The van der Waals surface area contributed by atoms with Gasteiger partial charge in [0.2, 0.25) is 0 Å². The largest absolute Gasteiger partial charge is 0.370 e. The van der Waals surface area contributed by atoms with Crippen LogP contribution in [-0.2, 0) is 19.4 Å². The Balaban J connectivity index is 0.00000161. The van der Waals surface area contributed by atoms with Gasteiger partial charge >= 0.3 is 0 Å². The van der Waals surface area contributed by atoms with Crippen LogP contribution in [0.15, 0.2) is 11.2 Å². The lowest BCUT2D eigenvalue weighted by Crippen LogP contribution is -2.34. The number of hydrogen-bond acceptors (Lipinski definition) is 2.